The zero-order chi connectivity index (χ0) is 16.8. The Morgan fingerprint density at radius 2 is 1.91 bits per heavy atom. The molecule has 4 nitrogen and oxygen atoms in total. The van der Waals surface area contributed by atoms with Crippen LogP contribution in [0, 0.1) is 5.82 Å². The average Bonchev–Trinajstić information content (AvgIpc) is 2.51. The van der Waals surface area contributed by atoms with Gasteiger partial charge in [-0.1, -0.05) is 12.1 Å². The summed E-state index contributed by atoms with van der Waals surface area (Å²) in [6.07, 6.45) is 0.742. The van der Waals surface area contributed by atoms with Gasteiger partial charge in [-0.05, 0) is 49.7 Å². The molecular weight excluding hydrogens is 297 g/mol. The summed E-state index contributed by atoms with van der Waals surface area (Å²) in [5.41, 5.74) is 1.58. The molecule has 2 aromatic rings. The van der Waals surface area contributed by atoms with Crippen LogP contribution in [0.25, 0.3) is 0 Å². The molecule has 23 heavy (non-hydrogen) atoms. The first-order chi connectivity index (χ1) is 11.0. The molecule has 0 atom stereocenters. The third kappa shape index (κ3) is 4.92. The van der Waals surface area contributed by atoms with E-state index in [2.05, 4.69) is 5.32 Å². The van der Waals surface area contributed by atoms with E-state index in [0.29, 0.717) is 28.8 Å². The van der Waals surface area contributed by atoms with E-state index in [9.17, 15) is 14.0 Å². The van der Waals surface area contributed by atoms with E-state index in [1.165, 1.54) is 12.1 Å². The van der Waals surface area contributed by atoms with Crippen molar-refractivity contribution in [1.82, 2.24) is 0 Å². The van der Waals surface area contributed by atoms with Crippen molar-refractivity contribution in [3.05, 3.63) is 59.4 Å². The SMILES string of the molecule is CC(C)Oc1ccc(C=O)cc1NC(=O)Cc1ccc(F)cc1. The number of aldehydes is 1. The van der Waals surface area contributed by atoms with Crippen LogP contribution in [0.3, 0.4) is 0 Å². The van der Waals surface area contributed by atoms with Gasteiger partial charge in [-0.3, -0.25) is 9.59 Å². The van der Waals surface area contributed by atoms with E-state index in [0.717, 1.165) is 0 Å². The van der Waals surface area contributed by atoms with Gasteiger partial charge in [0.2, 0.25) is 5.91 Å². The highest BCUT2D eigenvalue weighted by Crippen LogP contribution is 2.26. The van der Waals surface area contributed by atoms with Gasteiger partial charge in [0.25, 0.3) is 0 Å². The lowest BCUT2D eigenvalue weighted by atomic mass is 10.1. The van der Waals surface area contributed by atoms with E-state index < -0.39 is 0 Å². The smallest absolute Gasteiger partial charge is 0.228 e. The quantitative estimate of drug-likeness (QED) is 0.829. The highest BCUT2D eigenvalue weighted by molar-refractivity contribution is 5.94. The lowest BCUT2D eigenvalue weighted by Gasteiger charge is -2.15. The minimum Gasteiger partial charge on any atom is -0.489 e. The number of halogens is 1. The number of carbonyl (C=O) groups excluding carboxylic acids is 2. The van der Waals surface area contributed by atoms with Crippen molar-refractivity contribution < 1.29 is 18.7 Å². The fourth-order valence-corrected chi connectivity index (χ4v) is 2.06. The molecule has 0 spiro atoms. The predicted octanol–water partition coefficient (Wildman–Crippen LogP) is 3.61. The van der Waals surface area contributed by atoms with E-state index in [4.69, 9.17) is 4.74 Å². The highest BCUT2D eigenvalue weighted by atomic mass is 19.1. The number of amides is 1. The van der Waals surface area contributed by atoms with Crippen molar-refractivity contribution in [3.8, 4) is 5.75 Å². The van der Waals surface area contributed by atoms with Crippen LogP contribution in [0.4, 0.5) is 10.1 Å². The van der Waals surface area contributed by atoms with Crippen molar-refractivity contribution >= 4 is 17.9 Å². The fourth-order valence-electron chi connectivity index (χ4n) is 2.06. The van der Waals surface area contributed by atoms with Gasteiger partial charge < -0.3 is 10.1 Å². The minimum absolute atomic E-state index is 0.0650. The number of hydrogen-bond acceptors (Lipinski definition) is 3. The Balaban J connectivity index is 2.14. The van der Waals surface area contributed by atoms with Crippen molar-refractivity contribution in [2.75, 3.05) is 5.32 Å². The summed E-state index contributed by atoms with van der Waals surface area (Å²) in [7, 11) is 0. The number of ether oxygens (including phenoxy) is 1. The normalized spacial score (nSPS) is 10.4. The van der Waals surface area contributed by atoms with Gasteiger partial charge in [0.15, 0.2) is 0 Å². The van der Waals surface area contributed by atoms with Crippen molar-refractivity contribution in [2.45, 2.75) is 26.4 Å². The molecule has 0 fully saturated rings. The second-order valence-electron chi connectivity index (χ2n) is 5.39. The van der Waals surface area contributed by atoms with Crippen molar-refractivity contribution in [3.63, 3.8) is 0 Å². The molecule has 0 saturated heterocycles. The van der Waals surface area contributed by atoms with Gasteiger partial charge in [-0.15, -0.1) is 0 Å². The molecule has 0 radical (unpaired) electrons. The second kappa shape index (κ2) is 7.54. The van der Waals surface area contributed by atoms with Crippen LogP contribution in [0.1, 0.15) is 29.8 Å². The van der Waals surface area contributed by atoms with Crippen LogP contribution in [0.15, 0.2) is 42.5 Å². The molecule has 120 valence electrons. The van der Waals surface area contributed by atoms with Gasteiger partial charge in [0.1, 0.15) is 17.9 Å². The number of benzene rings is 2. The second-order valence-corrected chi connectivity index (χ2v) is 5.39. The molecule has 0 unspecified atom stereocenters. The number of carbonyl (C=O) groups is 2. The predicted molar refractivity (Wildman–Crippen MR) is 86.3 cm³/mol. The number of anilines is 1. The lowest BCUT2D eigenvalue weighted by molar-refractivity contribution is -0.115. The molecule has 0 aromatic heterocycles. The first-order valence-electron chi connectivity index (χ1n) is 7.28. The Labute approximate surface area is 134 Å². The van der Waals surface area contributed by atoms with Crippen LogP contribution in [0.2, 0.25) is 0 Å². The van der Waals surface area contributed by atoms with Crippen LogP contribution in [-0.4, -0.2) is 18.3 Å². The van der Waals surface area contributed by atoms with Gasteiger partial charge >= 0.3 is 0 Å². The molecule has 0 aliphatic heterocycles. The van der Waals surface area contributed by atoms with Gasteiger partial charge in [0, 0.05) is 5.56 Å². The van der Waals surface area contributed by atoms with E-state index >= 15 is 0 Å². The zero-order valence-corrected chi connectivity index (χ0v) is 13.0. The standard InChI is InChI=1S/C18H18FNO3/c1-12(2)23-17-8-5-14(11-21)9-16(17)20-18(22)10-13-3-6-15(19)7-4-13/h3-9,11-12H,10H2,1-2H3,(H,20,22). The van der Waals surface area contributed by atoms with Crippen molar-refractivity contribution in [1.29, 1.82) is 0 Å². The molecular formula is C18H18FNO3. The molecule has 1 amide bonds. The zero-order valence-electron chi connectivity index (χ0n) is 13.0. The summed E-state index contributed by atoms with van der Waals surface area (Å²) in [5, 5.41) is 2.74. The van der Waals surface area contributed by atoms with Gasteiger partial charge in [-0.25, -0.2) is 4.39 Å². The summed E-state index contributed by atoms with van der Waals surface area (Å²) in [4.78, 5) is 23.1. The van der Waals surface area contributed by atoms with E-state index in [1.807, 2.05) is 13.8 Å². The fraction of sp³-hybridized carbons (Fsp3) is 0.222. The highest BCUT2D eigenvalue weighted by Gasteiger charge is 2.11. The Kier molecular flexibility index (Phi) is 5.46. The summed E-state index contributed by atoms with van der Waals surface area (Å²) < 4.78 is 18.5. The Morgan fingerprint density at radius 1 is 1.22 bits per heavy atom. The first-order valence-corrected chi connectivity index (χ1v) is 7.28. The van der Waals surface area contributed by atoms with Crippen molar-refractivity contribution in [2.24, 2.45) is 0 Å². The lowest BCUT2D eigenvalue weighted by Crippen LogP contribution is -2.16. The molecule has 2 rings (SSSR count). The van der Waals surface area contributed by atoms with E-state index in [-0.39, 0.29) is 24.2 Å². The van der Waals surface area contributed by atoms with Crippen LogP contribution in [-0.2, 0) is 11.2 Å². The van der Waals surface area contributed by atoms with Crippen LogP contribution in [0.5, 0.6) is 5.75 Å². The molecule has 0 bridgehead atoms. The molecule has 0 aliphatic carbocycles. The maximum Gasteiger partial charge on any atom is 0.228 e. The molecule has 2 aromatic carbocycles. The van der Waals surface area contributed by atoms with Crippen LogP contribution < -0.4 is 10.1 Å². The summed E-state index contributed by atoms with van der Waals surface area (Å²) in [6.45, 7) is 3.75. The first kappa shape index (κ1) is 16.7. The molecule has 0 heterocycles. The monoisotopic (exact) mass is 315 g/mol. The summed E-state index contributed by atoms with van der Waals surface area (Å²) >= 11 is 0. The topological polar surface area (TPSA) is 55.4 Å². The summed E-state index contributed by atoms with van der Waals surface area (Å²) in [6, 6.07) is 10.6. The summed E-state index contributed by atoms with van der Waals surface area (Å²) in [5.74, 6) is -0.119. The third-order valence-corrected chi connectivity index (χ3v) is 3.05. The van der Waals surface area contributed by atoms with Gasteiger partial charge in [-0.2, -0.15) is 0 Å². The molecule has 0 saturated carbocycles. The number of rotatable bonds is 6. The third-order valence-electron chi connectivity index (χ3n) is 3.05. The Bertz CT molecular complexity index is 696. The van der Waals surface area contributed by atoms with Gasteiger partial charge in [0.05, 0.1) is 18.2 Å². The number of hydrogen-bond donors (Lipinski definition) is 1. The minimum atomic E-state index is -0.347. The number of nitrogens with one attached hydrogen (secondary N) is 1. The largest absolute Gasteiger partial charge is 0.489 e. The molecule has 1 N–H and O–H groups in total. The molecule has 5 heteroatoms. The average molecular weight is 315 g/mol. The maximum absolute atomic E-state index is 12.9. The van der Waals surface area contributed by atoms with E-state index in [1.54, 1.807) is 30.3 Å². The Hall–Kier alpha value is -2.69. The molecule has 0 aliphatic rings. The Morgan fingerprint density at radius 3 is 2.52 bits per heavy atom. The van der Waals surface area contributed by atoms with Crippen LogP contribution >= 0.6 is 0 Å². The maximum atomic E-state index is 12.9.